The van der Waals surface area contributed by atoms with Crippen molar-refractivity contribution in [2.24, 2.45) is 5.92 Å². The molecule has 1 heterocycles. The van der Waals surface area contributed by atoms with Gasteiger partial charge in [-0.2, -0.15) is 0 Å². The van der Waals surface area contributed by atoms with E-state index < -0.39 is 32.2 Å². The minimum absolute atomic E-state index is 0.0660. The number of nitrogens with zero attached hydrogens (tertiary/aromatic N) is 2. The van der Waals surface area contributed by atoms with Crippen LogP contribution < -0.4 is 0 Å². The van der Waals surface area contributed by atoms with Crippen molar-refractivity contribution in [1.29, 1.82) is 0 Å². The Bertz CT molecular complexity index is 1590. The molecule has 0 aliphatic carbocycles. The maximum atomic E-state index is 14.7. The largest absolute Gasteiger partial charge is 0.464 e. The van der Waals surface area contributed by atoms with E-state index >= 15 is 0 Å². The second-order valence-electron chi connectivity index (χ2n) is 13.4. The lowest BCUT2D eigenvalue weighted by atomic mass is 10.0. The monoisotopic (exact) mass is 786 g/mol. The Morgan fingerprint density at radius 1 is 1.04 bits per heavy atom. The maximum Gasteiger partial charge on any atom is 0.354 e. The van der Waals surface area contributed by atoms with Gasteiger partial charge < -0.3 is 18.8 Å². The van der Waals surface area contributed by atoms with Crippen molar-refractivity contribution in [2.45, 2.75) is 72.4 Å². The van der Waals surface area contributed by atoms with Gasteiger partial charge in [0.05, 0.1) is 36.6 Å². The predicted molar refractivity (Wildman–Crippen MR) is 199 cm³/mol. The van der Waals surface area contributed by atoms with Gasteiger partial charge in [-0.25, -0.2) is 4.79 Å². The van der Waals surface area contributed by atoms with E-state index in [0.717, 1.165) is 27.9 Å². The van der Waals surface area contributed by atoms with Crippen LogP contribution in [0.3, 0.4) is 0 Å². The average molecular weight is 789 g/mol. The summed E-state index contributed by atoms with van der Waals surface area (Å²) in [6.07, 6.45) is 1.32. The number of ether oxygens (including phenoxy) is 2. The molecule has 1 aromatic heterocycles. The zero-order valence-corrected chi connectivity index (χ0v) is 33.2. The summed E-state index contributed by atoms with van der Waals surface area (Å²) < 4.78 is 21.5. The van der Waals surface area contributed by atoms with E-state index in [4.69, 9.17) is 13.9 Å². The highest BCUT2D eigenvalue weighted by Crippen LogP contribution is 2.39. The fourth-order valence-electron chi connectivity index (χ4n) is 5.26. The number of carbonyl (C=O) groups excluding carboxylic acids is 2. The van der Waals surface area contributed by atoms with Crippen molar-refractivity contribution in [3.05, 3.63) is 110 Å². The molecule has 7 nitrogen and oxygen atoms in total. The number of amides is 1. The Hall–Kier alpha value is -2.76. The van der Waals surface area contributed by atoms with Crippen LogP contribution in [0.1, 0.15) is 53.5 Å². The van der Waals surface area contributed by atoms with Gasteiger partial charge in [0.2, 0.25) is 0 Å². The summed E-state index contributed by atoms with van der Waals surface area (Å²) in [7, 11) is -1.04. The minimum Gasteiger partial charge on any atom is -0.464 e. The van der Waals surface area contributed by atoms with Crippen molar-refractivity contribution < 1.29 is 23.5 Å². The number of rotatable bonds is 14. The highest BCUT2D eigenvalue weighted by Gasteiger charge is 2.41. The smallest absolute Gasteiger partial charge is 0.354 e. The second kappa shape index (κ2) is 16.1. The lowest BCUT2D eigenvalue weighted by molar-refractivity contribution is -0.137. The van der Waals surface area contributed by atoms with Gasteiger partial charge in [-0.3, -0.25) is 9.36 Å². The molecule has 47 heavy (non-hydrogen) atoms. The third kappa shape index (κ3) is 9.23. The van der Waals surface area contributed by atoms with Crippen molar-refractivity contribution in [1.82, 2.24) is 9.47 Å². The fraction of sp³-hybridized carbons (Fsp3) is 0.405. The highest BCUT2D eigenvalue weighted by atomic mass is 79.9. The molecule has 0 radical (unpaired) electrons. The molecule has 0 bridgehead atoms. The molecule has 0 aliphatic rings. The van der Waals surface area contributed by atoms with Gasteiger partial charge in [0.25, 0.3) is 5.91 Å². The molecule has 3 rings (SSSR count). The van der Waals surface area contributed by atoms with Crippen LogP contribution in [0.5, 0.6) is 0 Å². The summed E-state index contributed by atoms with van der Waals surface area (Å²) in [4.78, 5) is 29.0. The van der Waals surface area contributed by atoms with Crippen LogP contribution >= 0.6 is 31.9 Å². The quantitative estimate of drug-likeness (QED) is 0.0705. The van der Waals surface area contributed by atoms with E-state index in [2.05, 4.69) is 91.0 Å². The maximum absolute atomic E-state index is 14.7. The molecule has 0 N–H and O–H groups in total. The van der Waals surface area contributed by atoms with Crippen LogP contribution in [0.4, 0.5) is 0 Å². The second-order valence-corrected chi connectivity index (χ2v) is 19.8. The number of benzene rings is 2. The van der Waals surface area contributed by atoms with Crippen LogP contribution in [0.2, 0.25) is 18.1 Å². The van der Waals surface area contributed by atoms with E-state index in [-0.39, 0.29) is 23.9 Å². The Labute approximate surface area is 298 Å². The van der Waals surface area contributed by atoms with Gasteiger partial charge in [-0.15, -0.1) is 6.58 Å². The summed E-state index contributed by atoms with van der Waals surface area (Å²) in [6, 6.07) is 15.8. The molecule has 0 saturated heterocycles. The molecule has 2 aromatic carbocycles. The number of aryl methyl sites for hydroxylation is 3. The lowest BCUT2D eigenvalue weighted by Gasteiger charge is -2.41. The Kier molecular flexibility index (Phi) is 13.2. The number of hydrogen-bond acceptors (Lipinski definition) is 5. The molecule has 10 heteroatoms. The molecule has 0 unspecified atom stereocenters. The third-order valence-electron chi connectivity index (χ3n) is 8.79. The average Bonchev–Trinajstić information content (AvgIpc) is 3.29. The Morgan fingerprint density at radius 2 is 1.64 bits per heavy atom. The SMILES string of the molecule is C=C[C@H](CN(C(=C)C(=O)OC)C(=O)c1cc(Br)c(Br)n1-c1c(C)cc(C)cc1C)[C@H](COCc1ccccc1)O[Si](C)(C)C(C)(C)C. The molecule has 0 saturated carbocycles. The topological polar surface area (TPSA) is 70.0 Å². The van der Waals surface area contributed by atoms with Crippen LogP contribution in [0, 0.1) is 26.7 Å². The summed E-state index contributed by atoms with van der Waals surface area (Å²) in [5.41, 5.74) is 5.29. The van der Waals surface area contributed by atoms with Crippen LogP contribution in [0.25, 0.3) is 5.69 Å². The Morgan fingerprint density at radius 3 is 2.17 bits per heavy atom. The molecular formula is C37H48Br2N2O5Si. The molecule has 0 aliphatic heterocycles. The molecule has 0 spiro atoms. The predicted octanol–water partition coefficient (Wildman–Crippen LogP) is 9.47. The van der Waals surface area contributed by atoms with Crippen molar-refractivity contribution in [3.63, 3.8) is 0 Å². The number of esters is 1. The van der Waals surface area contributed by atoms with Crippen LogP contribution in [-0.4, -0.2) is 56.0 Å². The molecule has 1 amide bonds. The number of methoxy groups -OCH3 is 1. The summed E-state index contributed by atoms with van der Waals surface area (Å²) in [5, 5.41) is -0.0787. The molecule has 0 fully saturated rings. The minimum atomic E-state index is -2.31. The number of hydrogen-bond donors (Lipinski definition) is 0. The summed E-state index contributed by atoms with van der Waals surface area (Å²) in [6.45, 7) is 25.9. The molecule has 254 valence electrons. The number of halogens is 2. The van der Waals surface area contributed by atoms with Gasteiger partial charge >= 0.3 is 5.97 Å². The first kappa shape index (κ1) is 38.7. The highest BCUT2D eigenvalue weighted by molar-refractivity contribution is 9.13. The van der Waals surface area contributed by atoms with Crippen molar-refractivity contribution >= 4 is 52.1 Å². The summed E-state index contributed by atoms with van der Waals surface area (Å²) in [5.74, 6) is -1.54. The third-order valence-corrected chi connectivity index (χ3v) is 15.2. The molecular weight excluding hydrogens is 740 g/mol. The first-order valence-electron chi connectivity index (χ1n) is 15.6. The molecule has 3 aromatic rings. The van der Waals surface area contributed by atoms with E-state index in [0.29, 0.717) is 21.4 Å². The lowest BCUT2D eigenvalue weighted by Crippen LogP contribution is -2.49. The standard InChI is InChI=1S/C37H48Br2N2O5Si/c1-12-29(32(46-47(10,11)37(6,7)8)23-45-22-28-16-14-13-15-17-28)21-40(27(5)36(43)44-9)35(42)31-20-30(38)34(39)41(31)33-25(3)18-24(2)19-26(33)4/h12-20,29,32H,1,5,21-23H2,2-4,6-11H3/t29-,32+/m1/s1. The zero-order valence-electron chi connectivity index (χ0n) is 29.1. The van der Waals surface area contributed by atoms with Crippen molar-refractivity contribution in [2.75, 3.05) is 20.3 Å². The van der Waals surface area contributed by atoms with Gasteiger partial charge in [0, 0.05) is 12.5 Å². The first-order valence-corrected chi connectivity index (χ1v) is 20.1. The normalized spacial score (nSPS) is 13.2. The van der Waals surface area contributed by atoms with Gasteiger partial charge in [-0.05, 0) is 93.5 Å². The zero-order chi connectivity index (χ0) is 35.3. The van der Waals surface area contributed by atoms with E-state index in [1.54, 1.807) is 12.1 Å². The number of aromatic nitrogens is 1. The van der Waals surface area contributed by atoms with Crippen LogP contribution in [-0.2, 0) is 25.3 Å². The van der Waals surface area contributed by atoms with Gasteiger partial charge in [0.15, 0.2) is 8.32 Å². The fourth-order valence-corrected chi connectivity index (χ4v) is 7.49. The van der Waals surface area contributed by atoms with Gasteiger partial charge in [-0.1, -0.05) is 81.5 Å². The van der Waals surface area contributed by atoms with E-state index in [9.17, 15) is 9.59 Å². The number of carbonyl (C=O) groups is 2. The van der Waals surface area contributed by atoms with Crippen LogP contribution in [0.15, 0.2) is 82.5 Å². The van der Waals surface area contributed by atoms with E-state index in [1.165, 1.54) is 12.0 Å². The van der Waals surface area contributed by atoms with Crippen molar-refractivity contribution in [3.8, 4) is 5.69 Å². The molecule has 2 atom stereocenters. The first-order chi connectivity index (χ1) is 21.9. The van der Waals surface area contributed by atoms with Gasteiger partial charge in [0.1, 0.15) is 16.0 Å². The van der Waals surface area contributed by atoms with E-state index in [1.807, 2.05) is 55.7 Å². The Balaban J connectivity index is 2.09. The summed E-state index contributed by atoms with van der Waals surface area (Å²) >= 11 is 7.30.